The minimum atomic E-state index is -4.46. The number of amides is 1. The van der Waals surface area contributed by atoms with Crippen molar-refractivity contribution >= 4 is 5.91 Å². The summed E-state index contributed by atoms with van der Waals surface area (Å²) in [5.74, 6) is 0.582. The van der Waals surface area contributed by atoms with Crippen LogP contribution in [0.25, 0.3) is 0 Å². The highest BCUT2D eigenvalue weighted by Crippen LogP contribution is 2.31. The molecule has 1 aliphatic heterocycles. The van der Waals surface area contributed by atoms with Gasteiger partial charge < -0.3 is 9.64 Å². The van der Waals surface area contributed by atoms with E-state index in [4.69, 9.17) is 4.74 Å². The molecule has 0 radical (unpaired) electrons. The van der Waals surface area contributed by atoms with Gasteiger partial charge in [0, 0.05) is 24.6 Å². The van der Waals surface area contributed by atoms with Gasteiger partial charge in [-0.3, -0.25) is 4.79 Å². The van der Waals surface area contributed by atoms with Crippen molar-refractivity contribution in [3.8, 4) is 5.75 Å². The van der Waals surface area contributed by atoms with Crippen molar-refractivity contribution in [1.82, 2.24) is 4.90 Å². The monoisotopic (exact) mass is 377 g/mol. The first-order valence-electron chi connectivity index (χ1n) is 8.99. The van der Waals surface area contributed by atoms with Gasteiger partial charge in [0.25, 0.3) is 5.91 Å². The van der Waals surface area contributed by atoms with Gasteiger partial charge in [-0.1, -0.05) is 24.6 Å². The highest BCUT2D eigenvalue weighted by atomic mass is 19.4. The van der Waals surface area contributed by atoms with Crippen LogP contribution >= 0.6 is 0 Å². The van der Waals surface area contributed by atoms with E-state index < -0.39 is 11.7 Å². The Balaban J connectivity index is 1.79. The molecule has 1 atom stereocenters. The van der Waals surface area contributed by atoms with Gasteiger partial charge in [0.2, 0.25) is 0 Å². The molecule has 0 spiro atoms. The van der Waals surface area contributed by atoms with Crippen LogP contribution in [0.2, 0.25) is 0 Å². The zero-order valence-corrected chi connectivity index (χ0v) is 15.1. The van der Waals surface area contributed by atoms with E-state index in [9.17, 15) is 18.0 Å². The van der Waals surface area contributed by atoms with Crippen LogP contribution < -0.4 is 4.74 Å². The van der Waals surface area contributed by atoms with Gasteiger partial charge in [-0.2, -0.15) is 13.2 Å². The smallest absolute Gasteiger partial charge is 0.416 e. The molecular formula is C21H22F3NO2. The average Bonchev–Trinajstić information content (AvgIpc) is 2.93. The maximum atomic E-state index is 12.9. The summed E-state index contributed by atoms with van der Waals surface area (Å²) >= 11 is 0. The number of hydrogen-bond donors (Lipinski definition) is 0. The zero-order chi connectivity index (χ0) is 19.4. The third-order valence-corrected chi connectivity index (χ3v) is 4.98. The van der Waals surface area contributed by atoms with Crippen LogP contribution in [0.5, 0.6) is 5.75 Å². The van der Waals surface area contributed by atoms with Gasteiger partial charge >= 0.3 is 6.18 Å². The molecule has 1 amide bonds. The molecule has 3 rings (SSSR count). The first-order chi connectivity index (χ1) is 12.9. The SMILES string of the molecule is COc1ccc(C2CCCCN(C(=O)c3cccc(C(F)(F)F)c3)C2)cc1. The zero-order valence-electron chi connectivity index (χ0n) is 15.1. The number of carbonyl (C=O) groups is 1. The highest BCUT2D eigenvalue weighted by molar-refractivity contribution is 5.94. The molecule has 0 saturated carbocycles. The summed E-state index contributed by atoms with van der Waals surface area (Å²) in [6.45, 7) is 1.06. The molecule has 3 nitrogen and oxygen atoms in total. The number of likely N-dealkylation sites (tertiary alicyclic amines) is 1. The summed E-state index contributed by atoms with van der Waals surface area (Å²) in [7, 11) is 1.61. The van der Waals surface area contributed by atoms with E-state index in [1.807, 2.05) is 24.3 Å². The van der Waals surface area contributed by atoms with Crippen LogP contribution in [0.15, 0.2) is 48.5 Å². The fourth-order valence-corrected chi connectivity index (χ4v) is 3.49. The molecule has 0 aliphatic carbocycles. The highest BCUT2D eigenvalue weighted by Gasteiger charge is 2.32. The van der Waals surface area contributed by atoms with Crippen LogP contribution in [0, 0.1) is 0 Å². The summed E-state index contributed by atoms with van der Waals surface area (Å²) in [4.78, 5) is 14.5. The van der Waals surface area contributed by atoms with E-state index in [1.54, 1.807) is 12.0 Å². The molecule has 27 heavy (non-hydrogen) atoms. The lowest BCUT2D eigenvalue weighted by atomic mass is 9.94. The molecule has 2 aromatic rings. The molecule has 1 aliphatic rings. The number of nitrogens with zero attached hydrogens (tertiary/aromatic N) is 1. The lowest BCUT2D eigenvalue weighted by Gasteiger charge is -2.25. The number of hydrogen-bond acceptors (Lipinski definition) is 2. The molecule has 1 saturated heterocycles. The second-order valence-electron chi connectivity index (χ2n) is 6.80. The van der Waals surface area contributed by atoms with Crippen LogP contribution in [0.4, 0.5) is 13.2 Å². The molecule has 2 aromatic carbocycles. The maximum absolute atomic E-state index is 12.9. The van der Waals surface area contributed by atoms with E-state index >= 15 is 0 Å². The summed E-state index contributed by atoms with van der Waals surface area (Å²) in [5, 5.41) is 0. The lowest BCUT2D eigenvalue weighted by molar-refractivity contribution is -0.137. The molecule has 6 heteroatoms. The van der Waals surface area contributed by atoms with Gasteiger partial charge in [-0.25, -0.2) is 0 Å². The fourth-order valence-electron chi connectivity index (χ4n) is 3.49. The Hall–Kier alpha value is -2.50. The quantitative estimate of drug-likeness (QED) is 0.743. The Kier molecular flexibility index (Phi) is 5.73. The van der Waals surface area contributed by atoms with E-state index in [-0.39, 0.29) is 17.4 Å². The Bertz CT molecular complexity index is 787. The van der Waals surface area contributed by atoms with Crippen LogP contribution in [-0.2, 0) is 6.18 Å². The molecule has 1 fully saturated rings. The van der Waals surface area contributed by atoms with Crippen molar-refractivity contribution in [2.75, 3.05) is 20.2 Å². The van der Waals surface area contributed by atoms with Gasteiger partial charge in [0.15, 0.2) is 0 Å². The van der Waals surface area contributed by atoms with Crippen molar-refractivity contribution in [1.29, 1.82) is 0 Å². The summed E-state index contributed by atoms with van der Waals surface area (Å²) in [6, 6.07) is 12.4. The Morgan fingerprint density at radius 2 is 1.85 bits per heavy atom. The molecule has 0 bridgehead atoms. The van der Waals surface area contributed by atoms with Gasteiger partial charge in [-0.15, -0.1) is 0 Å². The molecule has 144 valence electrons. The van der Waals surface area contributed by atoms with Crippen LogP contribution in [0.1, 0.15) is 46.7 Å². The largest absolute Gasteiger partial charge is 0.497 e. The van der Waals surface area contributed by atoms with Crippen molar-refractivity contribution in [3.63, 3.8) is 0 Å². The lowest BCUT2D eigenvalue weighted by Crippen LogP contribution is -2.34. The summed E-state index contributed by atoms with van der Waals surface area (Å²) in [5.41, 5.74) is 0.398. The third-order valence-electron chi connectivity index (χ3n) is 4.98. The average molecular weight is 377 g/mol. The standard InChI is InChI=1S/C21H22F3NO2/c1-27-19-10-8-15(9-11-19)17-5-2-3-12-25(14-17)20(26)16-6-4-7-18(13-16)21(22,23)24/h4,6-11,13,17H,2-3,5,12,14H2,1H3. The van der Waals surface area contributed by atoms with Crippen LogP contribution in [0.3, 0.4) is 0 Å². The number of halogens is 3. The maximum Gasteiger partial charge on any atom is 0.416 e. The Morgan fingerprint density at radius 3 is 2.52 bits per heavy atom. The van der Waals surface area contributed by atoms with Gasteiger partial charge in [-0.05, 0) is 48.7 Å². The fraction of sp³-hybridized carbons (Fsp3) is 0.381. The summed E-state index contributed by atoms with van der Waals surface area (Å²) < 4.78 is 44.0. The first-order valence-corrected chi connectivity index (χ1v) is 8.99. The molecule has 0 N–H and O–H groups in total. The number of carbonyl (C=O) groups excluding carboxylic acids is 1. The van der Waals surface area contributed by atoms with Crippen molar-refractivity contribution in [2.24, 2.45) is 0 Å². The minimum absolute atomic E-state index is 0.0835. The first kappa shape index (κ1) is 19.3. The predicted octanol–water partition coefficient (Wildman–Crippen LogP) is 5.12. The topological polar surface area (TPSA) is 29.5 Å². The number of methoxy groups -OCH3 is 1. The number of rotatable bonds is 3. The van der Waals surface area contributed by atoms with Crippen LogP contribution in [-0.4, -0.2) is 31.0 Å². The number of alkyl halides is 3. The molecule has 1 unspecified atom stereocenters. The van der Waals surface area contributed by atoms with Crippen molar-refractivity contribution in [2.45, 2.75) is 31.4 Å². The molecular weight excluding hydrogens is 355 g/mol. The minimum Gasteiger partial charge on any atom is -0.497 e. The van der Waals surface area contributed by atoms with E-state index in [0.29, 0.717) is 13.1 Å². The Labute approximate surface area is 156 Å². The molecule has 1 heterocycles. The van der Waals surface area contributed by atoms with E-state index in [1.165, 1.54) is 12.1 Å². The van der Waals surface area contributed by atoms with Crippen molar-refractivity contribution < 1.29 is 22.7 Å². The third kappa shape index (κ3) is 4.62. The summed E-state index contributed by atoms with van der Waals surface area (Å²) in [6.07, 6.45) is -1.69. The number of ether oxygens (including phenoxy) is 1. The Morgan fingerprint density at radius 1 is 1.11 bits per heavy atom. The van der Waals surface area contributed by atoms with E-state index in [2.05, 4.69) is 0 Å². The van der Waals surface area contributed by atoms with Gasteiger partial charge in [0.05, 0.1) is 12.7 Å². The second kappa shape index (κ2) is 8.03. The number of benzene rings is 2. The van der Waals surface area contributed by atoms with E-state index in [0.717, 1.165) is 42.7 Å². The molecule has 0 aromatic heterocycles. The van der Waals surface area contributed by atoms with Gasteiger partial charge in [0.1, 0.15) is 5.75 Å². The van der Waals surface area contributed by atoms with Crippen molar-refractivity contribution in [3.05, 3.63) is 65.2 Å². The normalized spacial score (nSPS) is 18.1. The predicted molar refractivity (Wildman–Crippen MR) is 96.9 cm³/mol. The second-order valence-corrected chi connectivity index (χ2v) is 6.80.